The molecule has 0 N–H and O–H groups in total. The Morgan fingerprint density at radius 2 is 1.82 bits per heavy atom. The molecule has 2 aromatic carbocycles. The summed E-state index contributed by atoms with van der Waals surface area (Å²) in [6.07, 6.45) is 3.55. The van der Waals surface area contributed by atoms with Gasteiger partial charge < -0.3 is 4.74 Å². The van der Waals surface area contributed by atoms with Gasteiger partial charge in [-0.05, 0) is 55.7 Å². The number of carbonyl (C=O) groups is 2. The molecule has 1 aromatic heterocycles. The monoisotopic (exact) mass is 378 g/mol. The van der Waals surface area contributed by atoms with E-state index in [4.69, 9.17) is 4.74 Å². The van der Waals surface area contributed by atoms with E-state index in [0.717, 1.165) is 18.5 Å². The maximum atomic E-state index is 13.3. The fraction of sp³-hybridized carbons (Fsp3) is 0.227. The molecule has 1 aliphatic rings. The van der Waals surface area contributed by atoms with Gasteiger partial charge in [-0.3, -0.25) is 4.79 Å². The molecule has 1 fully saturated rings. The summed E-state index contributed by atoms with van der Waals surface area (Å²) in [6, 6.07) is 15.1. The Kier molecular flexibility index (Phi) is 5.02. The summed E-state index contributed by atoms with van der Waals surface area (Å²) >= 11 is 0. The van der Waals surface area contributed by atoms with Crippen LogP contribution in [0.15, 0.2) is 60.8 Å². The fourth-order valence-electron chi connectivity index (χ4n) is 3.33. The number of Topliss-reactive ketones (excluding diaryl/α,β-unsaturated/α-hetero) is 1. The quantitative estimate of drug-likeness (QED) is 0.634. The van der Waals surface area contributed by atoms with Crippen molar-refractivity contribution in [3.8, 4) is 16.9 Å². The predicted octanol–water partition coefficient (Wildman–Crippen LogP) is 4.35. The zero-order valence-electron chi connectivity index (χ0n) is 15.2. The molecule has 1 atom stereocenters. The fourth-order valence-corrected chi connectivity index (χ4v) is 3.33. The van der Waals surface area contributed by atoms with Crippen molar-refractivity contribution in [2.45, 2.75) is 31.8 Å². The number of hydrogen-bond acceptors (Lipinski definition) is 4. The summed E-state index contributed by atoms with van der Waals surface area (Å²) in [5.74, 6) is -1.01. The van der Waals surface area contributed by atoms with Crippen molar-refractivity contribution < 1.29 is 18.7 Å². The molecule has 1 heterocycles. The van der Waals surface area contributed by atoms with E-state index in [0.29, 0.717) is 24.1 Å². The highest BCUT2D eigenvalue weighted by Crippen LogP contribution is 2.26. The van der Waals surface area contributed by atoms with E-state index in [1.54, 1.807) is 23.0 Å². The number of aromatic nitrogens is 2. The van der Waals surface area contributed by atoms with Gasteiger partial charge in [0, 0.05) is 18.2 Å². The number of nitrogens with zero attached hydrogens (tertiary/aromatic N) is 2. The smallest absolute Gasteiger partial charge is 0.342 e. The lowest BCUT2D eigenvalue weighted by Crippen LogP contribution is -2.30. The van der Waals surface area contributed by atoms with Crippen LogP contribution in [0.3, 0.4) is 0 Å². The summed E-state index contributed by atoms with van der Waals surface area (Å²) in [5, 5.41) is 4.52. The van der Waals surface area contributed by atoms with Crippen molar-refractivity contribution in [1.82, 2.24) is 9.78 Å². The maximum Gasteiger partial charge on any atom is 0.342 e. The lowest BCUT2D eigenvalue weighted by molar-refractivity contribution is -0.129. The number of ether oxygens (including phenoxy) is 1. The van der Waals surface area contributed by atoms with E-state index in [-0.39, 0.29) is 17.2 Å². The second kappa shape index (κ2) is 7.76. The van der Waals surface area contributed by atoms with Crippen LogP contribution in [-0.4, -0.2) is 27.6 Å². The van der Waals surface area contributed by atoms with Crippen LogP contribution >= 0.6 is 0 Å². The van der Waals surface area contributed by atoms with Crippen molar-refractivity contribution >= 4 is 11.8 Å². The van der Waals surface area contributed by atoms with Crippen LogP contribution in [0.25, 0.3) is 16.9 Å². The topological polar surface area (TPSA) is 61.2 Å². The molecule has 142 valence electrons. The van der Waals surface area contributed by atoms with Crippen molar-refractivity contribution in [3.05, 3.63) is 72.2 Å². The molecule has 1 unspecified atom stereocenters. The van der Waals surface area contributed by atoms with E-state index in [9.17, 15) is 14.0 Å². The first kappa shape index (κ1) is 18.1. The molecule has 0 aliphatic heterocycles. The molecule has 1 aliphatic carbocycles. The molecule has 3 aromatic rings. The second-order valence-electron chi connectivity index (χ2n) is 6.78. The van der Waals surface area contributed by atoms with Crippen LogP contribution < -0.4 is 0 Å². The molecule has 0 bridgehead atoms. The van der Waals surface area contributed by atoms with Gasteiger partial charge in [0.15, 0.2) is 11.9 Å². The van der Waals surface area contributed by atoms with Gasteiger partial charge in [0.1, 0.15) is 17.1 Å². The van der Waals surface area contributed by atoms with E-state index >= 15 is 0 Å². The Morgan fingerprint density at radius 1 is 1.07 bits per heavy atom. The number of halogens is 1. The van der Waals surface area contributed by atoms with Gasteiger partial charge in [-0.15, -0.1) is 0 Å². The summed E-state index contributed by atoms with van der Waals surface area (Å²) in [4.78, 5) is 24.9. The molecule has 0 amide bonds. The van der Waals surface area contributed by atoms with Crippen molar-refractivity contribution in [2.24, 2.45) is 0 Å². The Morgan fingerprint density at radius 3 is 2.54 bits per heavy atom. The molecular formula is C22H19FN2O3. The average molecular weight is 378 g/mol. The molecule has 6 heteroatoms. The largest absolute Gasteiger partial charge is 0.451 e. The number of carbonyl (C=O) groups excluding carboxylic acids is 2. The number of hydrogen-bond donors (Lipinski definition) is 0. The molecule has 4 rings (SSSR count). The number of rotatable bonds is 4. The minimum atomic E-state index is -0.706. The van der Waals surface area contributed by atoms with Gasteiger partial charge in [-0.25, -0.2) is 13.9 Å². The number of esters is 1. The van der Waals surface area contributed by atoms with Crippen molar-refractivity contribution in [3.63, 3.8) is 0 Å². The first-order valence-electron chi connectivity index (χ1n) is 9.26. The molecule has 5 nitrogen and oxygen atoms in total. The number of benzene rings is 2. The third-order valence-electron chi connectivity index (χ3n) is 4.82. The first-order valence-corrected chi connectivity index (χ1v) is 9.26. The highest BCUT2D eigenvalue weighted by atomic mass is 19.1. The minimum Gasteiger partial charge on any atom is -0.451 e. The highest BCUT2D eigenvalue weighted by Gasteiger charge is 2.28. The molecule has 1 saturated carbocycles. The van der Waals surface area contributed by atoms with Gasteiger partial charge in [-0.1, -0.05) is 18.2 Å². The molecular weight excluding hydrogens is 359 g/mol. The van der Waals surface area contributed by atoms with E-state index in [1.807, 2.05) is 30.3 Å². The number of para-hydroxylation sites is 1. The molecule has 28 heavy (non-hydrogen) atoms. The first-order chi connectivity index (χ1) is 13.6. The summed E-state index contributed by atoms with van der Waals surface area (Å²) in [6.45, 7) is 0. The Hall–Kier alpha value is -3.28. The van der Waals surface area contributed by atoms with Crippen LogP contribution in [0, 0.1) is 5.82 Å². The lowest BCUT2D eigenvalue weighted by atomic mass is 9.96. The van der Waals surface area contributed by atoms with Gasteiger partial charge in [-0.2, -0.15) is 5.10 Å². The predicted molar refractivity (Wildman–Crippen MR) is 102 cm³/mol. The Labute approximate surface area is 161 Å². The summed E-state index contributed by atoms with van der Waals surface area (Å²) < 4.78 is 20.4. The zero-order chi connectivity index (χ0) is 19.5. The van der Waals surface area contributed by atoms with Crippen LogP contribution in [0.5, 0.6) is 0 Å². The number of ketones is 1. The third kappa shape index (κ3) is 3.71. The van der Waals surface area contributed by atoms with Crippen molar-refractivity contribution in [2.75, 3.05) is 0 Å². The van der Waals surface area contributed by atoms with Crippen LogP contribution in [0.1, 0.15) is 36.0 Å². The highest BCUT2D eigenvalue weighted by molar-refractivity contribution is 5.98. The molecule has 0 saturated heterocycles. The summed E-state index contributed by atoms with van der Waals surface area (Å²) in [7, 11) is 0. The van der Waals surface area contributed by atoms with Crippen molar-refractivity contribution in [1.29, 1.82) is 0 Å². The average Bonchev–Trinajstić information content (AvgIpc) is 3.16. The van der Waals surface area contributed by atoms with E-state index in [1.165, 1.54) is 12.1 Å². The van der Waals surface area contributed by atoms with Gasteiger partial charge >= 0.3 is 5.97 Å². The van der Waals surface area contributed by atoms with Crippen LogP contribution in [0.2, 0.25) is 0 Å². The van der Waals surface area contributed by atoms with Gasteiger partial charge in [0.25, 0.3) is 0 Å². The minimum absolute atomic E-state index is 0.0432. The van der Waals surface area contributed by atoms with Crippen LogP contribution in [0.4, 0.5) is 4.39 Å². The van der Waals surface area contributed by atoms with E-state index in [2.05, 4.69) is 5.10 Å². The normalized spacial score (nSPS) is 16.8. The molecule has 0 spiro atoms. The van der Waals surface area contributed by atoms with Gasteiger partial charge in [0.05, 0.1) is 5.69 Å². The van der Waals surface area contributed by atoms with E-state index < -0.39 is 12.1 Å². The Bertz CT molecular complexity index is 996. The maximum absolute atomic E-state index is 13.3. The van der Waals surface area contributed by atoms with Gasteiger partial charge in [0.2, 0.25) is 0 Å². The third-order valence-corrected chi connectivity index (χ3v) is 4.82. The van der Waals surface area contributed by atoms with Crippen LogP contribution in [-0.2, 0) is 9.53 Å². The Balaban J connectivity index is 1.71. The zero-order valence-corrected chi connectivity index (χ0v) is 15.2. The summed E-state index contributed by atoms with van der Waals surface area (Å²) in [5.41, 5.74) is 2.00. The molecule has 0 radical (unpaired) electrons. The standard InChI is InChI=1S/C22H19FN2O3/c23-16-12-10-15(11-13-16)21-18(14-25(24-21)17-6-2-1-3-7-17)22(27)28-20-9-5-4-8-19(20)26/h1-3,6-7,10-14,20H,4-5,8-9H2. The SMILES string of the molecule is O=C(OC1CCCCC1=O)c1cn(-c2ccccc2)nc1-c1ccc(F)cc1. The lowest BCUT2D eigenvalue weighted by Gasteiger charge is -2.20. The second-order valence-corrected chi connectivity index (χ2v) is 6.78.